The fraction of sp³-hybridized carbons (Fsp3) is 0.429. The molecule has 0 aromatic heterocycles. The van der Waals surface area contributed by atoms with Gasteiger partial charge in [0.25, 0.3) is 0 Å². The quantitative estimate of drug-likeness (QED) is 0.796. The average Bonchev–Trinajstić information content (AvgIpc) is 2.65. The molecule has 2 aromatic rings. The fourth-order valence-electron chi connectivity index (χ4n) is 3.61. The summed E-state index contributed by atoms with van der Waals surface area (Å²) in [6.45, 7) is 3.73. The van der Waals surface area contributed by atoms with Gasteiger partial charge in [0.2, 0.25) is 0 Å². The molecule has 1 aliphatic heterocycles. The molecule has 1 saturated heterocycles. The van der Waals surface area contributed by atoms with Gasteiger partial charge in [-0.2, -0.15) is 0 Å². The van der Waals surface area contributed by atoms with Crippen molar-refractivity contribution < 1.29 is 9.84 Å². The Morgan fingerprint density at radius 3 is 2.56 bits per heavy atom. The van der Waals surface area contributed by atoms with Crippen LogP contribution in [0.3, 0.4) is 0 Å². The highest BCUT2D eigenvalue weighted by atomic mass is 35.5. The van der Waals surface area contributed by atoms with Crippen molar-refractivity contribution in [1.29, 1.82) is 0 Å². The minimum atomic E-state index is -0.0700. The van der Waals surface area contributed by atoms with Crippen LogP contribution in [0.1, 0.15) is 24.8 Å². The second-order valence-electron chi connectivity index (χ2n) is 7.01. The van der Waals surface area contributed by atoms with Gasteiger partial charge in [0.05, 0.1) is 13.2 Å². The molecule has 0 amide bonds. The average molecular weight is 360 g/mol. The number of para-hydroxylation sites is 1. The normalized spacial score (nSPS) is 21.2. The van der Waals surface area contributed by atoms with E-state index in [1.807, 2.05) is 42.5 Å². The second kappa shape index (κ2) is 8.70. The number of ether oxygens (including phenoxy) is 1. The summed E-state index contributed by atoms with van der Waals surface area (Å²) in [4.78, 5) is 2.44. The summed E-state index contributed by atoms with van der Waals surface area (Å²) in [5.41, 5.74) is 1.19. The fourth-order valence-corrected chi connectivity index (χ4v) is 3.73. The van der Waals surface area contributed by atoms with Crippen molar-refractivity contribution in [1.82, 2.24) is 4.90 Å². The van der Waals surface area contributed by atoms with Gasteiger partial charge in [0.15, 0.2) is 0 Å². The lowest BCUT2D eigenvalue weighted by Gasteiger charge is -2.42. The summed E-state index contributed by atoms with van der Waals surface area (Å²) in [6, 6.07) is 17.9. The molecule has 25 heavy (non-hydrogen) atoms. The summed E-state index contributed by atoms with van der Waals surface area (Å²) < 4.78 is 5.86. The van der Waals surface area contributed by atoms with Crippen LogP contribution in [0.25, 0.3) is 0 Å². The SMILES string of the molecule is OC[C@]1(CCOc2ccccc2)CCCN(Cc2ccc(Cl)cc2)C1. The first-order valence-corrected chi connectivity index (χ1v) is 9.32. The lowest BCUT2D eigenvalue weighted by Crippen LogP contribution is -2.45. The maximum absolute atomic E-state index is 10.1. The van der Waals surface area contributed by atoms with E-state index in [-0.39, 0.29) is 12.0 Å². The Morgan fingerprint density at radius 1 is 1.08 bits per heavy atom. The smallest absolute Gasteiger partial charge is 0.119 e. The largest absolute Gasteiger partial charge is 0.494 e. The zero-order valence-corrected chi connectivity index (χ0v) is 15.3. The number of hydrogen-bond acceptors (Lipinski definition) is 3. The maximum atomic E-state index is 10.1. The molecule has 0 aliphatic carbocycles. The van der Waals surface area contributed by atoms with E-state index >= 15 is 0 Å². The Morgan fingerprint density at radius 2 is 1.84 bits per heavy atom. The molecule has 1 heterocycles. The molecule has 3 rings (SSSR count). The number of hydrogen-bond donors (Lipinski definition) is 1. The maximum Gasteiger partial charge on any atom is 0.119 e. The standard InChI is InChI=1S/C21H26ClNO2/c22-19-9-7-18(8-10-19)15-23-13-4-11-21(16-23,17-24)12-14-25-20-5-2-1-3-6-20/h1-3,5-10,24H,4,11-17H2/t21-/m0/s1. The summed E-state index contributed by atoms with van der Waals surface area (Å²) in [5.74, 6) is 0.893. The molecule has 0 unspecified atom stereocenters. The number of aliphatic hydroxyl groups excluding tert-OH is 1. The lowest BCUT2D eigenvalue weighted by molar-refractivity contribution is 0.0128. The van der Waals surface area contributed by atoms with E-state index in [0.29, 0.717) is 6.61 Å². The van der Waals surface area contributed by atoms with E-state index in [2.05, 4.69) is 17.0 Å². The molecule has 1 atom stereocenters. The molecule has 2 aromatic carbocycles. The van der Waals surface area contributed by atoms with Crippen LogP contribution in [-0.4, -0.2) is 36.3 Å². The van der Waals surface area contributed by atoms with E-state index in [1.54, 1.807) is 0 Å². The Balaban J connectivity index is 1.55. The molecule has 0 radical (unpaired) electrons. The summed E-state index contributed by atoms with van der Waals surface area (Å²) in [7, 11) is 0. The van der Waals surface area contributed by atoms with Crippen molar-refractivity contribution in [3.05, 3.63) is 65.2 Å². The van der Waals surface area contributed by atoms with Crippen molar-refractivity contribution in [2.75, 3.05) is 26.3 Å². The van der Waals surface area contributed by atoms with Crippen LogP contribution in [0.4, 0.5) is 0 Å². The third kappa shape index (κ3) is 5.21. The van der Waals surface area contributed by atoms with E-state index in [9.17, 15) is 5.11 Å². The van der Waals surface area contributed by atoms with Crippen molar-refractivity contribution >= 4 is 11.6 Å². The second-order valence-corrected chi connectivity index (χ2v) is 7.45. The van der Waals surface area contributed by atoms with Gasteiger partial charge in [-0.05, 0) is 55.6 Å². The number of benzene rings is 2. The van der Waals surface area contributed by atoms with Crippen LogP contribution in [0.5, 0.6) is 5.75 Å². The van der Waals surface area contributed by atoms with Gasteiger partial charge in [0, 0.05) is 23.5 Å². The molecule has 0 bridgehead atoms. The highest BCUT2D eigenvalue weighted by molar-refractivity contribution is 6.30. The molecule has 3 nitrogen and oxygen atoms in total. The van der Waals surface area contributed by atoms with E-state index in [1.165, 1.54) is 5.56 Å². The van der Waals surface area contributed by atoms with Gasteiger partial charge < -0.3 is 9.84 Å². The van der Waals surface area contributed by atoms with Gasteiger partial charge in [-0.1, -0.05) is 41.9 Å². The van der Waals surface area contributed by atoms with E-state index in [0.717, 1.165) is 49.7 Å². The third-order valence-electron chi connectivity index (χ3n) is 5.04. The zero-order chi connectivity index (χ0) is 17.5. The Hall–Kier alpha value is -1.55. The molecule has 1 N–H and O–H groups in total. The van der Waals surface area contributed by atoms with Crippen LogP contribution >= 0.6 is 11.6 Å². The van der Waals surface area contributed by atoms with E-state index in [4.69, 9.17) is 16.3 Å². The van der Waals surface area contributed by atoms with Crippen LogP contribution in [0, 0.1) is 5.41 Å². The monoisotopic (exact) mass is 359 g/mol. The highest BCUT2D eigenvalue weighted by Gasteiger charge is 2.34. The van der Waals surface area contributed by atoms with Gasteiger partial charge in [-0.25, -0.2) is 0 Å². The highest BCUT2D eigenvalue weighted by Crippen LogP contribution is 2.34. The summed E-state index contributed by atoms with van der Waals surface area (Å²) in [6.07, 6.45) is 3.04. The number of aliphatic hydroxyl groups is 1. The number of likely N-dealkylation sites (tertiary alicyclic amines) is 1. The Labute approximate surface area is 155 Å². The predicted molar refractivity (Wildman–Crippen MR) is 102 cm³/mol. The first kappa shape index (κ1) is 18.2. The zero-order valence-electron chi connectivity index (χ0n) is 14.5. The third-order valence-corrected chi connectivity index (χ3v) is 5.29. The van der Waals surface area contributed by atoms with Crippen LogP contribution in [0.2, 0.25) is 5.02 Å². The minimum absolute atomic E-state index is 0.0700. The molecule has 4 heteroatoms. The number of halogens is 1. The van der Waals surface area contributed by atoms with Crippen LogP contribution in [0.15, 0.2) is 54.6 Å². The molecule has 0 spiro atoms. The van der Waals surface area contributed by atoms with E-state index < -0.39 is 0 Å². The number of rotatable bonds is 7. The van der Waals surface area contributed by atoms with Crippen molar-refractivity contribution in [3.8, 4) is 5.75 Å². The molecule has 0 saturated carbocycles. The molecular formula is C21H26ClNO2. The van der Waals surface area contributed by atoms with Crippen molar-refractivity contribution in [2.45, 2.75) is 25.8 Å². The van der Waals surface area contributed by atoms with Gasteiger partial charge >= 0.3 is 0 Å². The van der Waals surface area contributed by atoms with Crippen LogP contribution < -0.4 is 4.74 Å². The Bertz CT molecular complexity index is 647. The van der Waals surface area contributed by atoms with Gasteiger partial charge in [-0.15, -0.1) is 0 Å². The molecule has 134 valence electrons. The van der Waals surface area contributed by atoms with Crippen LogP contribution in [-0.2, 0) is 6.54 Å². The lowest BCUT2D eigenvalue weighted by atomic mass is 9.78. The molecule has 1 aliphatic rings. The first-order valence-electron chi connectivity index (χ1n) is 8.95. The minimum Gasteiger partial charge on any atom is -0.494 e. The topological polar surface area (TPSA) is 32.7 Å². The molecular weight excluding hydrogens is 334 g/mol. The molecule has 1 fully saturated rings. The summed E-state index contributed by atoms with van der Waals surface area (Å²) in [5, 5.41) is 10.8. The number of nitrogens with zero attached hydrogens (tertiary/aromatic N) is 1. The first-order chi connectivity index (χ1) is 12.2. The summed E-state index contributed by atoms with van der Waals surface area (Å²) >= 11 is 5.97. The van der Waals surface area contributed by atoms with Gasteiger partial charge in [0.1, 0.15) is 5.75 Å². The van der Waals surface area contributed by atoms with Crippen molar-refractivity contribution in [3.63, 3.8) is 0 Å². The predicted octanol–water partition coefficient (Wildman–Crippen LogP) is 4.38. The Kier molecular flexibility index (Phi) is 6.35. The van der Waals surface area contributed by atoms with Gasteiger partial charge in [-0.3, -0.25) is 4.90 Å². The van der Waals surface area contributed by atoms with Crippen molar-refractivity contribution in [2.24, 2.45) is 5.41 Å². The number of piperidine rings is 1.